The van der Waals surface area contributed by atoms with Gasteiger partial charge >= 0.3 is 0 Å². The molecular weight excluding hydrogens is 240 g/mol. The molecule has 0 saturated heterocycles. The summed E-state index contributed by atoms with van der Waals surface area (Å²) in [7, 11) is 0. The van der Waals surface area contributed by atoms with Crippen LogP contribution in [-0.4, -0.2) is 6.04 Å². The van der Waals surface area contributed by atoms with E-state index in [1.165, 1.54) is 12.0 Å². The molecule has 0 spiro atoms. The molecule has 0 aliphatic heterocycles. The average molecular weight is 255 g/mol. The Morgan fingerprint density at radius 2 is 2.07 bits per heavy atom. The molecule has 0 bridgehead atoms. The predicted octanol–water partition coefficient (Wildman–Crippen LogP) is 2.63. The molecule has 1 fully saturated rings. The fourth-order valence-corrected chi connectivity index (χ4v) is 2.38. The first-order chi connectivity index (χ1) is 6.66. The van der Waals surface area contributed by atoms with Crippen LogP contribution in [0.2, 0.25) is 0 Å². The summed E-state index contributed by atoms with van der Waals surface area (Å²) in [5, 5.41) is 0. The number of nitrogens with two attached hydrogens (primary N) is 2. The Morgan fingerprint density at radius 1 is 1.29 bits per heavy atom. The Balaban J connectivity index is 2.20. The molecule has 0 aromatic heterocycles. The molecule has 1 aliphatic carbocycles. The average Bonchev–Trinajstić information content (AvgIpc) is 2.57. The van der Waals surface area contributed by atoms with Gasteiger partial charge in [-0.3, -0.25) is 0 Å². The lowest BCUT2D eigenvalue weighted by Crippen LogP contribution is -2.14. The lowest BCUT2D eigenvalue weighted by Gasteiger charge is -2.11. The Labute approximate surface area is 92.8 Å². The second kappa shape index (κ2) is 3.91. The first-order valence-corrected chi connectivity index (χ1v) is 5.76. The first kappa shape index (κ1) is 9.99. The Morgan fingerprint density at radius 3 is 2.64 bits per heavy atom. The monoisotopic (exact) mass is 254 g/mol. The van der Waals surface area contributed by atoms with Crippen molar-refractivity contribution in [3.05, 3.63) is 28.2 Å². The minimum absolute atomic E-state index is 0.380. The van der Waals surface area contributed by atoms with E-state index in [9.17, 15) is 0 Å². The third-order valence-corrected chi connectivity index (χ3v) is 3.69. The van der Waals surface area contributed by atoms with Gasteiger partial charge in [0.2, 0.25) is 0 Å². The fourth-order valence-electron chi connectivity index (χ4n) is 2.14. The number of anilines is 1. The van der Waals surface area contributed by atoms with Crippen molar-refractivity contribution in [1.29, 1.82) is 0 Å². The summed E-state index contributed by atoms with van der Waals surface area (Å²) >= 11 is 3.40. The van der Waals surface area contributed by atoms with Crippen LogP contribution in [0.4, 0.5) is 5.69 Å². The molecular formula is C11H15BrN2. The maximum atomic E-state index is 5.89. The molecule has 1 aromatic carbocycles. The molecule has 1 saturated carbocycles. The number of benzene rings is 1. The van der Waals surface area contributed by atoms with E-state index in [-0.39, 0.29) is 0 Å². The maximum Gasteiger partial charge on any atom is 0.0461 e. The van der Waals surface area contributed by atoms with Gasteiger partial charge in [0.15, 0.2) is 0 Å². The minimum Gasteiger partial charge on any atom is -0.398 e. The van der Waals surface area contributed by atoms with Crippen molar-refractivity contribution < 1.29 is 0 Å². The van der Waals surface area contributed by atoms with Crippen LogP contribution in [0, 0.1) is 0 Å². The Bertz CT molecular complexity index is 338. The third kappa shape index (κ3) is 1.93. The van der Waals surface area contributed by atoms with Crippen molar-refractivity contribution in [2.45, 2.75) is 31.2 Å². The Hall–Kier alpha value is -0.540. The molecule has 1 aliphatic rings. The van der Waals surface area contributed by atoms with Gasteiger partial charge in [0.05, 0.1) is 0 Å². The van der Waals surface area contributed by atoms with E-state index >= 15 is 0 Å². The summed E-state index contributed by atoms with van der Waals surface area (Å²) in [5.74, 6) is 0.611. The summed E-state index contributed by atoms with van der Waals surface area (Å²) in [6, 6.07) is 6.61. The summed E-state index contributed by atoms with van der Waals surface area (Å²) in [6.45, 7) is 0. The van der Waals surface area contributed by atoms with Crippen LogP contribution in [0.1, 0.15) is 30.7 Å². The molecule has 2 nitrogen and oxygen atoms in total. The van der Waals surface area contributed by atoms with E-state index in [1.54, 1.807) is 0 Å². The van der Waals surface area contributed by atoms with Crippen molar-refractivity contribution in [1.82, 2.24) is 0 Å². The molecule has 0 amide bonds. The molecule has 2 atom stereocenters. The van der Waals surface area contributed by atoms with Crippen molar-refractivity contribution >= 4 is 21.6 Å². The normalized spacial score (nSPS) is 26.7. The molecule has 76 valence electrons. The minimum atomic E-state index is 0.380. The molecule has 0 heterocycles. The van der Waals surface area contributed by atoms with Gasteiger partial charge in [-0.1, -0.05) is 6.07 Å². The number of hydrogen-bond acceptors (Lipinski definition) is 2. The number of nitrogen functional groups attached to an aromatic ring is 1. The number of halogens is 1. The van der Waals surface area contributed by atoms with Gasteiger partial charge in [-0.05, 0) is 58.8 Å². The highest BCUT2D eigenvalue weighted by Crippen LogP contribution is 2.35. The standard InChI is InChI=1S/C11H15BrN2/c12-10-4-2-8(6-11(10)14)7-1-3-9(13)5-7/h2,4,6-7,9H,1,3,5,13-14H2. The smallest absolute Gasteiger partial charge is 0.0461 e. The van der Waals surface area contributed by atoms with Crippen LogP contribution in [0.5, 0.6) is 0 Å². The molecule has 1 aromatic rings. The zero-order chi connectivity index (χ0) is 10.1. The van der Waals surface area contributed by atoms with E-state index in [0.717, 1.165) is 23.0 Å². The van der Waals surface area contributed by atoms with Crippen molar-refractivity contribution in [2.75, 3.05) is 5.73 Å². The zero-order valence-corrected chi connectivity index (χ0v) is 9.63. The largest absolute Gasteiger partial charge is 0.398 e. The molecule has 2 rings (SSSR count). The predicted molar refractivity (Wildman–Crippen MR) is 63.1 cm³/mol. The highest BCUT2D eigenvalue weighted by Gasteiger charge is 2.23. The van der Waals surface area contributed by atoms with Crippen LogP contribution in [0.3, 0.4) is 0 Å². The molecule has 14 heavy (non-hydrogen) atoms. The number of hydrogen-bond donors (Lipinski definition) is 2. The first-order valence-electron chi connectivity index (χ1n) is 4.97. The van der Waals surface area contributed by atoms with Gasteiger partial charge in [0.25, 0.3) is 0 Å². The van der Waals surface area contributed by atoms with Crippen LogP contribution < -0.4 is 11.5 Å². The second-order valence-corrected chi connectivity index (χ2v) is 4.91. The zero-order valence-electron chi connectivity index (χ0n) is 8.04. The maximum absolute atomic E-state index is 5.89. The van der Waals surface area contributed by atoms with Gasteiger partial charge < -0.3 is 11.5 Å². The van der Waals surface area contributed by atoms with Gasteiger partial charge in [0.1, 0.15) is 0 Å². The lowest BCUT2D eigenvalue weighted by atomic mass is 9.97. The summed E-state index contributed by atoms with van der Waals surface area (Å²) in [6.07, 6.45) is 3.43. The summed E-state index contributed by atoms with van der Waals surface area (Å²) in [5.41, 5.74) is 13.9. The van der Waals surface area contributed by atoms with Crippen molar-refractivity contribution in [3.8, 4) is 0 Å². The van der Waals surface area contributed by atoms with E-state index in [2.05, 4.69) is 28.1 Å². The highest BCUT2D eigenvalue weighted by atomic mass is 79.9. The van der Waals surface area contributed by atoms with E-state index in [0.29, 0.717) is 12.0 Å². The van der Waals surface area contributed by atoms with Crippen LogP contribution in [-0.2, 0) is 0 Å². The van der Waals surface area contributed by atoms with Crippen LogP contribution >= 0.6 is 15.9 Å². The van der Waals surface area contributed by atoms with Gasteiger partial charge in [-0.25, -0.2) is 0 Å². The van der Waals surface area contributed by atoms with Crippen LogP contribution in [0.15, 0.2) is 22.7 Å². The van der Waals surface area contributed by atoms with Crippen LogP contribution in [0.25, 0.3) is 0 Å². The van der Waals surface area contributed by atoms with Gasteiger partial charge in [-0.15, -0.1) is 0 Å². The fraction of sp³-hybridized carbons (Fsp3) is 0.455. The summed E-state index contributed by atoms with van der Waals surface area (Å²) in [4.78, 5) is 0. The van der Waals surface area contributed by atoms with E-state index < -0.39 is 0 Å². The highest BCUT2D eigenvalue weighted by molar-refractivity contribution is 9.10. The third-order valence-electron chi connectivity index (χ3n) is 2.96. The van der Waals surface area contributed by atoms with E-state index in [4.69, 9.17) is 11.5 Å². The van der Waals surface area contributed by atoms with Crippen molar-refractivity contribution in [2.24, 2.45) is 5.73 Å². The second-order valence-electron chi connectivity index (χ2n) is 4.05. The molecule has 4 N–H and O–H groups in total. The van der Waals surface area contributed by atoms with Gasteiger partial charge in [-0.2, -0.15) is 0 Å². The SMILES string of the molecule is Nc1cc(C2CCC(N)C2)ccc1Br. The molecule has 2 unspecified atom stereocenters. The quantitative estimate of drug-likeness (QED) is 0.758. The summed E-state index contributed by atoms with van der Waals surface area (Å²) < 4.78 is 0.976. The van der Waals surface area contributed by atoms with Crippen molar-refractivity contribution in [3.63, 3.8) is 0 Å². The van der Waals surface area contributed by atoms with E-state index in [1.807, 2.05) is 6.07 Å². The Kier molecular flexibility index (Phi) is 2.79. The molecule has 3 heteroatoms. The molecule has 0 radical (unpaired) electrons. The topological polar surface area (TPSA) is 52.0 Å². The van der Waals surface area contributed by atoms with Gasteiger partial charge in [0, 0.05) is 16.2 Å². The lowest BCUT2D eigenvalue weighted by molar-refractivity contribution is 0.675. The number of rotatable bonds is 1.